The molecule has 1 aliphatic rings. The van der Waals surface area contributed by atoms with Crippen LogP contribution in [0.5, 0.6) is 0 Å². The summed E-state index contributed by atoms with van der Waals surface area (Å²) in [4.78, 5) is 10.8. The molecule has 0 N–H and O–H groups in total. The third kappa shape index (κ3) is 1.69. The van der Waals surface area contributed by atoms with Crippen molar-refractivity contribution in [1.29, 1.82) is 0 Å². The Morgan fingerprint density at radius 1 is 1.82 bits per heavy atom. The van der Waals surface area contributed by atoms with Crippen molar-refractivity contribution >= 4 is 5.78 Å². The highest BCUT2D eigenvalue weighted by Gasteiger charge is 2.54. The van der Waals surface area contributed by atoms with Gasteiger partial charge in [0.2, 0.25) is 0 Å². The van der Waals surface area contributed by atoms with E-state index in [9.17, 15) is 4.79 Å². The van der Waals surface area contributed by atoms with Gasteiger partial charge in [0, 0.05) is 0 Å². The summed E-state index contributed by atoms with van der Waals surface area (Å²) in [6.07, 6.45) is 3.52. The van der Waals surface area contributed by atoms with E-state index in [0.29, 0.717) is 0 Å². The van der Waals surface area contributed by atoms with E-state index in [1.807, 2.05) is 13.0 Å². The maximum absolute atomic E-state index is 10.8. The monoisotopic (exact) mass is 154 g/mol. The van der Waals surface area contributed by atoms with Gasteiger partial charge in [0.15, 0.2) is 5.78 Å². The van der Waals surface area contributed by atoms with Gasteiger partial charge in [0.25, 0.3) is 0 Å². The molecular formula is C9H14O2. The minimum absolute atomic E-state index is 0.136. The Morgan fingerprint density at radius 2 is 2.45 bits per heavy atom. The second-order valence-corrected chi connectivity index (χ2v) is 3.25. The van der Waals surface area contributed by atoms with Crippen LogP contribution in [0, 0.1) is 0 Å². The topological polar surface area (TPSA) is 29.6 Å². The molecule has 0 bridgehead atoms. The molecule has 1 rings (SSSR count). The summed E-state index contributed by atoms with van der Waals surface area (Å²) in [7, 11) is 0. The SMILES string of the molecule is C=CCCC1(C)OC1C(C)=O. The Labute approximate surface area is 67.2 Å². The largest absolute Gasteiger partial charge is 0.358 e. The summed E-state index contributed by atoms with van der Waals surface area (Å²) < 4.78 is 5.27. The smallest absolute Gasteiger partial charge is 0.161 e. The van der Waals surface area contributed by atoms with Crippen LogP contribution in [0.15, 0.2) is 12.7 Å². The molecule has 0 amide bonds. The van der Waals surface area contributed by atoms with Crippen LogP contribution < -0.4 is 0 Å². The molecule has 0 radical (unpaired) electrons. The highest BCUT2D eigenvalue weighted by molar-refractivity contribution is 5.84. The number of allylic oxidation sites excluding steroid dienone is 1. The van der Waals surface area contributed by atoms with Crippen molar-refractivity contribution in [2.45, 2.75) is 38.4 Å². The Kier molecular flexibility index (Phi) is 2.14. The number of ketones is 1. The highest BCUT2D eigenvalue weighted by Crippen LogP contribution is 2.40. The van der Waals surface area contributed by atoms with Crippen molar-refractivity contribution in [3.63, 3.8) is 0 Å². The van der Waals surface area contributed by atoms with Crippen molar-refractivity contribution in [2.75, 3.05) is 0 Å². The second-order valence-electron chi connectivity index (χ2n) is 3.25. The fourth-order valence-electron chi connectivity index (χ4n) is 1.33. The maximum atomic E-state index is 10.8. The van der Waals surface area contributed by atoms with Gasteiger partial charge in [-0.05, 0) is 26.7 Å². The standard InChI is InChI=1S/C9H14O2/c1-4-5-6-9(3)8(11-9)7(2)10/h4,8H,1,5-6H2,2-3H3. The number of rotatable bonds is 4. The lowest BCUT2D eigenvalue weighted by molar-refractivity contribution is -0.118. The van der Waals surface area contributed by atoms with Crippen molar-refractivity contribution < 1.29 is 9.53 Å². The van der Waals surface area contributed by atoms with Crippen LogP contribution in [0.2, 0.25) is 0 Å². The Balaban J connectivity index is 2.36. The number of hydrogen-bond acceptors (Lipinski definition) is 2. The zero-order chi connectivity index (χ0) is 8.48. The summed E-state index contributed by atoms with van der Waals surface area (Å²) in [5, 5.41) is 0. The van der Waals surface area contributed by atoms with Crippen molar-refractivity contribution in [3.05, 3.63) is 12.7 Å². The number of Topliss-reactive ketones (excluding diaryl/α,β-unsaturated/α-hetero) is 1. The van der Waals surface area contributed by atoms with E-state index in [0.717, 1.165) is 12.8 Å². The third-order valence-corrected chi connectivity index (χ3v) is 2.10. The summed E-state index contributed by atoms with van der Waals surface area (Å²) >= 11 is 0. The summed E-state index contributed by atoms with van der Waals surface area (Å²) in [6.45, 7) is 7.17. The zero-order valence-corrected chi connectivity index (χ0v) is 7.09. The first-order valence-corrected chi connectivity index (χ1v) is 3.89. The van der Waals surface area contributed by atoms with Crippen molar-refractivity contribution in [1.82, 2.24) is 0 Å². The predicted molar refractivity (Wildman–Crippen MR) is 43.4 cm³/mol. The molecule has 0 spiro atoms. The van der Waals surface area contributed by atoms with Gasteiger partial charge in [-0.2, -0.15) is 0 Å². The Hall–Kier alpha value is -0.630. The van der Waals surface area contributed by atoms with E-state index in [-0.39, 0.29) is 17.5 Å². The van der Waals surface area contributed by atoms with E-state index in [2.05, 4.69) is 6.58 Å². The predicted octanol–water partition coefficient (Wildman–Crippen LogP) is 1.70. The Bertz CT molecular complexity index is 186. The van der Waals surface area contributed by atoms with Crippen LogP contribution in [-0.2, 0) is 9.53 Å². The zero-order valence-electron chi connectivity index (χ0n) is 7.09. The molecule has 0 aromatic rings. The highest BCUT2D eigenvalue weighted by atomic mass is 16.6. The Morgan fingerprint density at radius 3 is 2.82 bits per heavy atom. The molecule has 2 atom stereocenters. The van der Waals surface area contributed by atoms with Gasteiger partial charge in [-0.3, -0.25) is 4.79 Å². The minimum Gasteiger partial charge on any atom is -0.358 e. The molecule has 62 valence electrons. The quantitative estimate of drug-likeness (QED) is 0.455. The van der Waals surface area contributed by atoms with Crippen molar-refractivity contribution in [3.8, 4) is 0 Å². The molecule has 0 aromatic carbocycles. The molecule has 1 saturated heterocycles. The fourth-order valence-corrected chi connectivity index (χ4v) is 1.33. The van der Waals surface area contributed by atoms with Crippen LogP contribution in [0.3, 0.4) is 0 Å². The first kappa shape index (κ1) is 8.47. The molecule has 11 heavy (non-hydrogen) atoms. The molecule has 1 aliphatic heterocycles. The van der Waals surface area contributed by atoms with E-state index >= 15 is 0 Å². The number of epoxide rings is 1. The molecule has 2 unspecified atom stereocenters. The van der Waals surface area contributed by atoms with Gasteiger partial charge in [-0.25, -0.2) is 0 Å². The van der Waals surface area contributed by atoms with Crippen LogP contribution in [0.25, 0.3) is 0 Å². The number of hydrogen-bond donors (Lipinski definition) is 0. The fraction of sp³-hybridized carbons (Fsp3) is 0.667. The van der Waals surface area contributed by atoms with Crippen LogP contribution >= 0.6 is 0 Å². The van der Waals surface area contributed by atoms with Crippen LogP contribution in [-0.4, -0.2) is 17.5 Å². The van der Waals surface area contributed by atoms with Gasteiger partial charge in [0.1, 0.15) is 11.7 Å². The average molecular weight is 154 g/mol. The molecule has 1 heterocycles. The van der Waals surface area contributed by atoms with E-state index < -0.39 is 0 Å². The molecule has 0 aromatic heterocycles. The van der Waals surface area contributed by atoms with Crippen molar-refractivity contribution in [2.24, 2.45) is 0 Å². The number of carbonyl (C=O) groups excluding carboxylic acids is 1. The van der Waals surface area contributed by atoms with Gasteiger partial charge in [-0.15, -0.1) is 6.58 Å². The van der Waals surface area contributed by atoms with E-state index in [4.69, 9.17) is 4.74 Å². The normalized spacial score (nSPS) is 34.9. The van der Waals surface area contributed by atoms with Gasteiger partial charge < -0.3 is 4.74 Å². The van der Waals surface area contributed by atoms with Gasteiger partial charge in [-0.1, -0.05) is 6.08 Å². The maximum Gasteiger partial charge on any atom is 0.161 e. The molecule has 1 fully saturated rings. The van der Waals surface area contributed by atoms with E-state index in [1.54, 1.807) is 6.92 Å². The van der Waals surface area contributed by atoms with Gasteiger partial charge in [0.05, 0.1) is 0 Å². The first-order valence-electron chi connectivity index (χ1n) is 3.89. The first-order chi connectivity index (χ1) is 5.10. The lowest BCUT2D eigenvalue weighted by Crippen LogP contribution is -2.14. The van der Waals surface area contributed by atoms with Gasteiger partial charge >= 0.3 is 0 Å². The van der Waals surface area contributed by atoms with E-state index in [1.165, 1.54) is 0 Å². The molecule has 0 saturated carbocycles. The lowest BCUT2D eigenvalue weighted by atomic mass is 10.00. The third-order valence-electron chi connectivity index (χ3n) is 2.10. The number of ether oxygens (including phenoxy) is 1. The summed E-state index contributed by atoms with van der Waals surface area (Å²) in [5.74, 6) is 0.136. The lowest BCUT2D eigenvalue weighted by Gasteiger charge is -2.00. The molecular weight excluding hydrogens is 140 g/mol. The summed E-state index contributed by atoms with van der Waals surface area (Å²) in [5.41, 5.74) is -0.181. The molecule has 0 aliphatic carbocycles. The average Bonchev–Trinajstić information content (AvgIpc) is 2.60. The second kappa shape index (κ2) is 2.78. The minimum atomic E-state index is -0.181. The number of carbonyl (C=O) groups is 1. The molecule has 2 heteroatoms. The molecule has 2 nitrogen and oxygen atoms in total. The van der Waals surface area contributed by atoms with Crippen LogP contribution in [0.1, 0.15) is 26.7 Å². The summed E-state index contributed by atoms with van der Waals surface area (Å²) in [6, 6.07) is 0. The van der Waals surface area contributed by atoms with Crippen LogP contribution in [0.4, 0.5) is 0 Å².